The van der Waals surface area contributed by atoms with E-state index in [2.05, 4.69) is 49.4 Å². The van der Waals surface area contributed by atoms with E-state index in [-0.39, 0.29) is 24.1 Å². The summed E-state index contributed by atoms with van der Waals surface area (Å²) in [6.45, 7) is 4.69. The standard InChI is InChI=1S/C37H41O4P/c1-3-15-31(40-28-30-16-7-4-8-17-30)27-32(26-29(2)24-25-38)41-37(39)35-22-13-14-23-36(35)42(33-18-9-5-10-19-33)34-20-11-6-12-21-34/h4-14,16-23,25,29,31-32H,3,15,24,26-28H2,1-2H3/t29-,31+,32+/m1/s1. The van der Waals surface area contributed by atoms with Crippen molar-refractivity contribution in [3.63, 3.8) is 0 Å². The Labute approximate surface area is 251 Å². The maximum Gasteiger partial charge on any atom is 0.339 e. The van der Waals surface area contributed by atoms with Gasteiger partial charge in [-0.3, -0.25) is 0 Å². The quantitative estimate of drug-likeness (QED) is 0.0790. The van der Waals surface area contributed by atoms with Crippen LogP contribution < -0.4 is 15.9 Å². The normalized spacial score (nSPS) is 13.3. The predicted octanol–water partition coefficient (Wildman–Crippen LogP) is 7.36. The number of hydrogen-bond acceptors (Lipinski definition) is 4. The molecule has 0 aliphatic rings. The van der Waals surface area contributed by atoms with Crippen LogP contribution in [-0.2, 0) is 20.9 Å². The van der Waals surface area contributed by atoms with E-state index in [1.807, 2.05) is 79.7 Å². The molecular formula is C37H41O4P. The summed E-state index contributed by atoms with van der Waals surface area (Å²) in [6.07, 6.45) is 3.98. The minimum atomic E-state index is -0.972. The Kier molecular flexibility index (Phi) is 12.5. The van der Waals surface area contributed by atoms with E-state index in [1.54, 1.807) is 0 Å². The largest absolute Gasteiger partial charge is 0.459 e. The molecule has 4 aromatic rings. The molecule has 0 aliphatic heterocycles. The number of benzene rings is 4. The summed E-state index contributed by atoms with van der Waals surface area (Å²) in [5.74, 6) is -0.232. The van der Waals surface area contributed by atoms with E-state index < -0.39 is 7.92 Å². The van der Waals surface area contributed by atoms with Gasteiger partial charge in [0.15, 0.2) is 0 Å². The van der Waals surface area contributed by atoms with Crippen molar-refractivity contribution in [1.82, 2.24) is 0 Å². The average molecular weight is 581 g/mol. The van der Waals surface area contributed by atoms with Crippen LogP contribution in [-0.4, -0.2) is 24.5 Å². The number of rotatable bonds is 16. The Balaban J connectivity index is 1.60. The minimum absolute atomic E-state index is 0.0579. The Morgan fingerprint density at radius 2 is 1.33 bits per heavy atom. The molecule has 0 aromatic heterocycles. The molecule has 0 fully saturated rings. The first-order chi connectivity index (χ1) is 20.6. The van der Waals surface area contributed by atoms with E-state index in [9.17, 15) is 9.59 Å². The molecule has 218 valence electrons. The zero-order valence-electron chi connectivity index (χ0n) is 24.6. The Morgan fingerprint density at radius 1 is 0.762 bits per heavy atom. The van der Waals surface area contributed by atoms with Crippen LogP contribution in [0.3, 0.4) is 0 Å². The summed E-state index contributed by atoms with van der Waals surface area (Å²) < 4.78 is 12.7. The van der Waals surface area contributed by atoms with Crippen molar-refractivity contribution in [3.05, 3.63) is 126 Å². The van der Waals surface area contributed by atoms with E-state index in [4.69, 9.17) is 9.47 Å². The summed E-state index contributed by atoms with van der Waals surface area (Å²) in [6, 6.07) is 38.7. The van der Waals surface area contributed by atoms with Crippen LogP contribution in [0.4, 0.5) is 0 Å². The van der Waals surface area contributed by atoms with E-state index >= 15 is 0 Å². The molecule has 3 atom stereocenters. The van der Waals surface area contributed by atoms with Crippen molar-refractivity contribution in [2.45, 2.75) is 64.8 Å². The molecule has 0 aliphatic carbocycles. The van der Waals surface area contributed by atoms with E-state index in [0.717, 1.165) is 30.0 Å². The first kappa shape index (κ1) is 31.3. The van der Waals surface area contributed by atoms with Crippen molar-refractivity contribution in [2.75, 3.05) is 0 Å². The third-order valence-corrected chi connectivity index (χ3v) is 9.80. The van der Waals surface area contributed by atoms with Crippen LogP contribution in [0.15, 0.2) is 115 Å². The van der Waals surface area contributed by atoms with Crippen LogP contribution in [0.5, 0.6) is 0 Å². The number of carbonyl (C=O) groups is 2. The van der Waals surface area contributed by atoms with Crippen LogP contribution in [0, 0.1) is 5.92 Å². The summed E-state index contributed by atoms with van der Waals surface area (Å²) in [5.41, 5.74) is 1.70. The van der Waals surface area contributed by atoms with Crippen molar-refractivity contribution in [1.29, 1.82) is 0 Å². The number of esters is 1. The zero-order chi connectivity index (χ0) is 29.6. The summed E-state index contributed by atoms with van der Waals surface area (Å²) >= 11 is 0. The fourth-order valence-electron chi connectivity index (χ4n) is 5.21. The molecule has 0 radical (unpaired) electrons. The predicted molar refractivity (Wildman–Crippen MR) is 173 cm³/mol. The first-order valence-electron chi connectivity index (χ1n) is 14.9. The van der Waals surface area contributed by atoms with Crippen LogP contribution in [0.1, 0.15) is 61.9 Å². The molecule has 0 N–H and O–H groups in total. The van der Waals surface area contributed by atoms with E-state index in [0.29, 0.717) is 31.4 Å². The fraction of sp³-hybridized carbons (Fsp3) is 0.297. The summed E-state index contributed by atoms with van der Waals surface area (Å²) in [7, 11) is -0.972. The second-order valence-electron chi connectivity index (χ2n) is 10.7. The van der Waals surface area contributed by atoms with Gasteiger partial charge in [0.1, 0.15) is 12.4 Å². The smallest absolute Gasteiger partial charge is 0.339 e. The molecule has 0 saturated heterocycles. The molecule has 4 rings (SSSR count). The Morgan fingerprint density at radius 3 is 1.93 bits per heavy atom. The highest BCUT2D eigenvalue weighted by Crippen LogP contribution is 2.34. The molecule has 42 heavy (non-hydrogen) atoms. The molecule has 0 heterocycles. The lowest BCUT2D eigenvalue weighted by atomic mass is 9.96. The third kappa shape index (κ3) is 9.21. The number of hydrogen-bond donors (Lipinski definition) is 0. The van der Waals surface area contributed by atoms with Crippen molar-refractivity contribution in [3.8, 4) is 0 Å². The minimum Gasteiger partial charge on any atom is -0.459 e. The number of ether oxygens (including phenoxy) is 2. The van der Waals surface area contributed by atoms with Gasteiger partial charge in [-0.25, -0.2) is 4.79 Å². The molecule has 4 aromatic carbocycles. The number of aldehydes is 1. The zero-order valence-corrected chi connectivity index (χ0v) is 25.5. The molecule has 4 nitrogen and oxygen atoms in total. The summed E-state index contributed by atoms with van der Waals surface area (Å²) in [5, 5.41) is 3.32. The lowest BCUT2D eigenvalue weighted by molar-refractivity contribution is -0.108. The van der Waals surface area contributed by atoms with Gasteiger partial charge in [-0.2, -0.15) is 0 Å². The SMILES string of the molecule is CCC[C@@H](C[C@H](C[C@H](C)CC=O)OC(=O)c1ccccc1P(c1ccccc1)c1ccccc1)OCc1ccccc1. The Bertz CT molecular complexity index is 1320. The van der Waals surface area contributed by atoms with Gasteiger partial charge in [-0.1, -0.05) is 129 Å². The van der Waals surface area contributed by atoms with Gasteiger partial charge < -0.3 is 14.3 Å². The fourth-order valence-corrected chi connectivity index (χ4v) is 7.65. The molecule has 0 amide bonds. The maximum atomic E-state index is 14.0. The molecular weight excluding hydrogens is 539 g/mol. The van der Waals surface area contributed by atoms with Gasteiger partial charge in [0.2, 0.25) is 0 Å². The van der Waals surface area contributed by atoms with Gasteiger partial charge in [0, 0.05) is 12.8 Å². The van der Waals surface area contributed by atoms with E-state index in [1.165, 1.54) is 10.6 Å². The highest BCUT2D eigenvalue weighted by Gasteiger charge is 2.27. The van der Waals surface area contributed by atoms with Gasteiger partial charge >= 0.3 is 5.97 Å². The van der Waals surface area contributed by atoms with Gasteiger partial charge in [-0.05, 0) is 54.2 Å². The van der Waals surface area contributed by atoms with Gasteiger partial charge in [-0.15, -0.1) is 0 Å². The second kappa shape index (κ2) is 16.8. The maximum absolute atomic E-state index is 14.0. The van der Waals surface area contributed by atoms with Crippen LogP contribution >= 0.6 is 7.92 Å². The number of carbonyl (C=O) groups excluding carboxylic acids is 2. The van der Waals surface area contributed by atoms with Crippen LogP contribution in [0.2, 0.25) is 0 Å². The molecule has 0 spiro atoms. The van der Waals surface area contributed by atoms with Gasteiger partial charge in [0.25, 0.3) is 0 Å². The average Bonchev–Trinajstić information content (AvgIpc) is 3.02. The van der Waals surface area contributed by atoms with Crippen LogP contribution in [0.25, 0.3) is 0 Å². The lowest BCUT2D eigenvalue weighted by Gasteiger charge is -2.27. The highest BCUT2D eigenvalue weighted by atomic mass is 31.1. The highest BCUT2D eigenvalue weighted by molar-refractivity contribution is 7.80. The molecule has 5 heteroatoms. The first-order valence-corrected chi connectivity index (χ1v) is 16.2. The molecule has 0 unspecified atom stereocenters. The topological polar surface area (TPSA) is 52.6 Å². The van der Waals surface area contributed by atoms with Crippen molar-refractivity contribution >= 4 is 36.1 Å². The second-order valence-corrected chi connectivity index (χ2v) is 12.9. The molecule has 0 saturated carbocycles. The molecule has 0 bridgehead atoms. The van der Waals surface area contributed by atoms with Gasteiger partial charge in [0.05, 0.1) is 18.3 Å². The lowest BCUT2D eigenvalue weighted by Crippen LogP contribution is -2.30. The third-order valence-electron chi connectivity index (χ3n) is 7.30. The van der Waals surface area contributed by atoms with Crippen molar-refractivity contribution in [2.24, 2.45) is 5.92 Å². The monoisotopic (exact) mass is 580 g/mol. The Hall–Kier alpha value is -3.59. The summed E-state index contributed by atoms with van der Waals surface area (Å²) in [4.78, 5) is 25.3. The van der Waals surface area contributed by atoms with Crippen molar-refractivity contribution < 1.29 is 19.1 Å².